The summed E-state index contributed by atoms with van der Waals surface area (Å²) in [5.41, 5.74) is -0.811. The third kappa shape index (κ3) is 3.80. The van der Waals surface area contributed by atoms with Crippen molar-refractivity contribution in [3.8, 4) is 11.5 Å². The summed E-state index contributed by atoms with van der Waals surface area (Å²) in [7, 11) is 1.20. The Hall–Kier alpha value is -3.73. The number of phenols is 1. The number of barbiturate groups is 1. The highest BCUT2D eigenvalue weighted by Crippen LogP contribution is 2.37. The predicted molar refractivity (Wildman–Crippen MR) is 104 cm³/mol. The van der Waals surface area contributed by atoms with E-state index in [4.69, 9.17) is 4.74 Å². The molecule has 0 spiro atoms. The molecule has 1 saturated heterocycles. The van der Waals surface area contributed by atoms with Crippen LogP contribution < -0.4 is 15.0 Å². The number of hydrogen-bond acceptors (Lipinski definition) is 7. The van der Waals surface area contributed by atoms with Crippen LogP contribution in [0.25, 0.3) is 6.08 Å². The molecule has 3 rings (SSSR count). The molecule has 0 saturated carbocycles. The van der Waals surface area contributed by atoms with Gasteiger partial charge in [-0.25, -0.2) is 9.69 Å². The molecule has 0 aliphatic carbocycles. The number of methoxy groups -OCH3 is 1. The second kappa shape index (κ2) is 7.72. The molecule has 148 valence electrons. The van der Waals surface area contributed by atoms with Crippen LogP contribution >= 0.6 is 15.9 Å². The third-order valence-corrected chi connectivity index (χ3v) is 4.52. The van der Waals surface area contributed by atoms with Crippen LogP contribution in [-0.2, 0) is 9.59 Å². The maximum atomic E-state index is 12.8. The van der Waals surface area contributed by atoms with Gasteiger partial charge in [0, 0.05) is 10.5 Å². The summed E-state index contributed by atoms with van der Waals surface area (Å²) in [4.78, 5) is 48.3. The van der Waals surface area contributed by atoms with Crippen molar-refractivity contribution in [1.29, 1.82) is 0 Å². The van der Waals surface area contributed by atoms with Gasteiger partial charge in [0.05, 0.1) is 17.7 Å². The zero-order chi connectivity index (χ0) is 21.3. The molecule has 0 unspecified atom stereocenters. The molecular formula is C18H12BrN3O7. The van der Waals surface area contributed by atoms with Crippen molar-refractivity contribution in [1.82, 2.24) is 5.32 Å². The Morgan fingerprint density at radius 3 is 2.45 bits per heavy atom. The first-order valence-corrected chi connectivity index (χ1v) is 8.74. The number of amides is 4. The standard InChI is InChI=1S/C18H12BrN3O7/c1-29-14-8-9(7-13(15(14)23)22(27)28)6-12-16(24)20-18(26)21(17(12)25)11-4-2-10(19)3-5-11/h2-8,23H,1H3,(H,20,24,26)/b12-6+. The molecule has 0 bridgehead atoms. The molecule has 0 aromatic heterocycles. The fourth-order valence-corrected chi connectivity index (χ4v) is 2.91. The number of phenolic OH excluding ortho intramolecular Hbond substituents is 1. The molecule has 1 heterocycles. The van der Waals surface area contributed by atoms with E-state index in [9.17, 15) is 29.6 Å². The van der Waals surface area contributed by atoms with Crippen molar-refractivity contribution in [2.75, 3.05) is 12.0 Å². The molecule has 29 heavy (non-hydrogen) atoms. The van der Waals surface area contributed by atoms with E-state index in [1.165, 1.54) is 25.3 Å². The number of carbonyl (C=O) groups is 3. The van der Waals surface area contributed by atoms with Gasteiger partial charge in [0.25, 0.3) is 11.8 Å². The van der Waals surface area contributed by atoms with Gasteiger partial charge in [-0.1, -0.05) is 15.9 Å². The van der Waals surface area contributed by atoms with Crippen LogP contribution in [0.1, 0.15) is 5.56 Å². The summed E-state index contributed by atoms with van der Waals surface area (Å²) in [6, 6.07) is 7.51. The molecule has 2 aromatic carbocycles. The second-order valence-electron chi connectivity index (χ2n) is 5.78. The number of rotatable bonds is 4. The Kier molecular flexibility index (Phi) is 5.33. The Morgan fingerprint density at radius 1 is 1.21 bits per heavy atom. The number of nitro groups is 1. The molecule has 1 aliphatic rings. The molecular weight excluding hydrogens is 450 g/mol. The number of imide groups is 2. The van der Waals surface area contributed by atoms with E-state index in [0.717, 1.165) is 21.5 Å². The van der Waals surface area contributed by atoms with Crippen molar-refractivity contribution in [2.24, 2.45) is 0 Å². The van der Waals surface area contributed by atoms with Gasteiger partial charge in [-0.3, -0.25) is 25.0 Å². The van der Waals surface area contributed by atoms with E-state index in [1.807, 2.05) is 0 Å². The predicted octanol–water partition coefficient (Wildman–Crippen LogP) is 2.74. The molecule has 2 N–H and O–H groups in total. The maximum Gasteiger partial charge on any atom is 0.335 e. The SMILES string of the molecule is COc1cc(/C=C2\C(=O)NC(=O)N(c3ccc(Br)cc3)C2=O)cc([N+](=O)[O-])c1O. The largest absolute Gasteiger partial charge is 0.500 e. The number of anilines is 1. The van der Waals surface area contributed by atoms with Crippen LogP contribution in [0.2, 0.25) is 0 Å². The minimum Gasteiger partial charge on any atom is -0.500 e. The van der Waals surface area contributed by atoms with Gasteiger partial charge in [-0.15, -0.1) is 0 Å². The van der Waals surface area contributed by atoms with Gasteiger partial charge >= 0.3 is 11.7 Å². The number of benzene rings is 2. The van der Waals surface area contributed by atoms with Crippen molar-refractivity contribution >= 4 is 51.2 Å². The lowest BCUT2D eigenvalue weighted by atomic mass is 10.1. The topological polar surface area (TPSA) is 139 Å². The van der Waals surface area contributed by atoms with Crippen molar-refractivity contribution in [2.45, 2.75) is 0 Å². The normalized spacial score (nSPS) is 15.4. The van der Waals surface area contributed by atoms with Crippen LogP contribution in [-0.4, -0.2) is 35.0 Å². The number of nitrogens with one attached hydrogen (secondary N) is 1. The van der Waals surface area contributed by atoms with Gasteiger partial charge in [0.15, 0.2) is 5.75 Å². The van der Waals surface area contributed by atoms with E-state index in [-0.39, 0.29) is 17.0 Å². The zero-order valence-electron chi connectivity index (χ0n) is 14.7. The molecule has 0 atom stereocenters. The third-order valence-electron chi connectivity index (χ3n) is 3.99. The summed E-state index contributed by atoms with van der Waals surface area (Å²) in [5, 5.41) is 23.0. The average molecular weight is 462 g/mol. The molecule has 1 aliphatic heterocycles. The number of aromatic hydroxyl groups is 1. The quantitative estimate of drug-likeness (QED) is 0.308. The summed E-state index contributed by atoms with van der Waals surface area (Å²) < 4.78 is 5.62. The average Bonchev–Trinajstić information content (AvgIpc) is 2.67. The second-order valence-corrected chi connectivity index (χ2v) is 6.70. The van der Waals surface area contributed by atoms with Crippen LogP contribution in [0.5, 0.6) is 11.5 Å². The molecule has 0 radical (unpaired) electrons. The van der Waals surface area contributed by atoms with Crippen LogP contribution in [0, 0.1) is 10.1 Å². The van der Waals surface area contributed by atoms with Crippen molar-refractivity contribution < 1.29 is 29.2 Å². The minimum atomic E-state index is -0.956. The first-order valence-electron chi connectivity index (χ1n) is 7.95. The number of urea groups is 1. The van der Waals surface area contributed by atoms with E-state index in [0.29, 0.717) is 0 Å². The lowest BCUT2D eigenvalue weighted by Crippen LogP contribution is -2.54. The van der Waals surface area contributed by atoms with Crippen molar-refractivity contribution in [3.63, 3.8) is 0 Å². The van der Waals surface area contributed by atoms with Gasteiger partial charge < -0.3 is 9.84 Å². The van der Waals surface area contributed by atoms with Gasteiger partial charge in [0.1, 0.15) is 5.57 Å². The number of ether oxygens (including phenoxy) is 1. The smallest absolute Gasteiger partial charge is 0.335 e. The first-order chi connectivity index (χ1) is 13.7. The summed E-state index contributed by atoms with van der Waals surface area (Å²) in [6.07, 6.45) is 1.07. The Labute approximate surface area is 171 Å². The number of nitro benzene ring substituents is 1. The number of halogens is 1. The fraction of sp³-hybridized carbons (Fsp3) is 0.0556. The molecule has 11 heteroatoms. The van der Waals surface area contributed by atoms with E-state index in [2.05, 4.69) is 21.2 Å². The van der Waals surface area contributed by atoms with Crippen LogP contribution in [0.15, 0.2) is 46.4 Å². The minimum absolute atomic E-state index is 0.0509. The lowest BCUT2D eigenvalue weighted by molar-refractivity contribution is -0.386. The highest BCUT2D eigenvalue weighted by Gasteiger charge is 2.37. The highest BCUT2D eigenvalue weighted by molar-refractivity contribution is 9.10. The summed E-state index contributed by atoms with van der Waals surface area (Å²) in [6.45, 7) is 0. The fourth-order valence-electron chi connectivity index (χ4n) is 2.64. The Bertz CT molecular complexity index is 1080. The Balaban J connectivity index is 2.08. The molecule has 10 nitrogen and oxygen atoms in total. The number of nitrogens with zero attached hydrogens (tertiary/aromatic N) is 2. The maximum absolute atomic E-state index is 12.8. The van der Waals surface area contributed by atoms with Gasteiger partial charge in [0.2, 0.25) is 5.75 Å². The summed E-state index contributed by atoms with van der Waals surface area (Å²) in [5.74, 6) is -2.76. The van der Waals surface area contributed by atoms with Gasteiger partial charge in [-0.05, 0) is 42.0 Å². The number of carbonyl (C=O) groups excluding carboxylic acids is 3. The molecule has 1 fully saturated rings. The zero-order valence-corrected chi connectivity index (χ0v) is 16.3. The van der Waals surface area contributed by atoms with Gasteiger partial charge in [-0.2, -0.15) is 0 Å². The van der Waals surface area contributed by atoms with E-state index in [1.54, 1.807) is 12.1 Å². The van der Waals surface area contributed by atoms with Crippen LogP contribution in [0.3, 0.4) is 0 Å². The van der Waals surface area contributed by atoms with E-state index < -0.39 is 39.8 Å². The van der Waals surface area contributed by atoms with E-state index >= 15 is 0 Å². The first kappa shape index (κ1) is 20.0. The summed E-state index contributed by atoms with van der Waals surface area (Å²) >= 11 is 3.25. The molecule has 2 aromatic rings. The number of hydrogen-bond donors (Lipinski definition) is 2. The Morgan fingerprint density at radius 2 is 1.86 bits per heavy atom. The molecule has 4 amide bonds. The van der Waals surface area contributed by atoms with Crippen LogP contribution in [0.4, 0.5) is 16.2 Å². The monoisotopic (exact) mass is 461 g/mol. The lowest BCUT2D eigenvalue weighted by Gasteiger charge is -2.26. The van der Waals surface area contributed by atoms with Crippen molar-refractivity contribution in [3.05, 3.63) is 62.1 Å². The highest BCUT2D eigenvalue weighted by atomic mass is 79.9.